The summed E-state index contributed by atoms with van der Waals surface area (Å²) in [5.74, 6) is -0.826. The minimum Gasteiger partial charge on any atom is -0.465 e. The summed E-state index contributed by atoms with van der Waals surface area (Å²) in [6.45, 7) is 2.28. The predicted octanol–water partition coefficient (Wildman–Crippen LogP) is 1.41. The lowest BCUT2D eigenvalue weighted by Crippen LogP contribution is -2.40. The first-order valence-electron chi connectivity index (χ1n) is 7.29. The van der Waals surface area contributed by atoms with E-state index in [9.17, 15) is 13.2 Å². The summed E-state index contributed by atoms with van der Waals surface area (Å²) in [5, 5.41) is 0. The van der Waals surface area contributed by atoms with Crippen molar-refractivity contribution < 1.29 is 17.9 Å². The largest absolute Gasteiger partial charge is 0.465 e. The fourth-order valence-corrected chi connectivity index (χ4v) is 3.60. The highest BCUT2D eigenvalue weighted by atomic mass is 32.2. The number of nitrogens with two attached hydrogens (primary N) is 1. The fraction of sp³-hybridized carbons (Fsp3) is 0.533. The van der Waals surface area contributed by atoms with Crippen LogP contribution in [0.15, 0.2) is 24.3 Å². The van der Waals surface area contributed by atoms with Gasteiger partial charge in [-0.3, -0.25) is 0 Å². The van der Waals surface area contributed by atoms with Crippen molar-refractivity contribution in [1.82, 2.24) is 4.72 Å². The zero-order chi connectivity index (χ0) is 16.6. The van der Waals surface area contributed by atoms with Crippen LogP contribution in [0.3, 0.4) is 0 Å². The Hall–Kier alpha value is -1.44. The molecule has 1 unspecified atom stereocenters. The van der Waals surface area contributed by atoms with Gasteiger partial charge in [-0.1, -0.05) is 38.0 Å². The smallest absolute Gasteiger partial charge is 0.338 e. The minimum absolute atomic E-state index is 0.248. The monoisotopic (exact) mass is 328 g/mol. The zero-order valence-electron chi connectivity index (χ0n) is 13.0. The highest BCUT2D eigenvalue weighted by Crippen LogP contribution is 2.14. The van der Waals surface area contributed by atoms with Crippen molar-refractivity contribution in [1.29, 1.82) is 0 Å². The van der Waals surface area contributed by atoms with Crippen molar-refractivity contribution >= 4 is 16.0 Å². The number of esters is 1. The summed E-state index contributed by atoms with van der Waals surface area (Å²) >= 11 is 0. The van der Waals surface area contributed by atoms with Gasteiger partial charge in [-0.05, 0) is 18.1 Å². The van der Waals surface area contributed by atoms with Gasteiger partial charge in [0.05, 0.1) is 18.4 Å². The molecule has 6 nitrogen and oxygen atoms in total. The third-order valence-electron chi connectivity index (χ3n) is 3.31. The molecule has 0 spiro atoms. The SMILES string of the molecule is CCCCC(CN)NS(=O)(=O)Cc1ccccc1C(=O)OC. The third kappa shape index (κ3) is 5.75. The van der Waals surface area contributed by atoms with Gasteiger partial charge in [0.15, 0.2) is 0 Å². The van der Waals surface area contributed by atoms with Crippen LogP contribution in [0.2, 0.25) is 0 Å². The van der Waals surface area contributed by atoms with Gasteiger partial charge in [-0.25, -0.2) is 17.9 Å². The van der Waals surface area contributed by atoms with E-state index < -0.39 is 16.0 Å². The second-order valence-corrected chi connectivity index (χ2v) is 6.85. The number of nitrogens with one attached hydrogen (secondary N) is 1. The van der Waals surface area contributed by atoms with Crippen LogP contribution in [-0.4, -0.2) is 34.1 Å². The second-order valence-electron chi connectivity index (χ2n) is 5.10. The van der Waals surface area contributed by atoms with Crippen LogP contribution in [0.4, 0.5) is 0 Å². The fourth-order valence-electron chi connectivity index (χ4n) is 2.13. The maximum Gasteiger partial charge on any atom is 0.338 e. The van der Waals surface area contributed by atoms with E-state index in [0.29, 0.717) is 12.0 Å². The summed E-state index contributed by atoms with van der Waals surface area (Å²) in [6, 6.07) is 6.23. The van der Waals surface area contributed by atoms with Gasteiger partial charge in [-0.15, -0.1) is 0 Å². The highest BCUT2D eigenvalue weighted by Gasteiger charge is 2.20. The molecule has 1 rings (SSSR count). The molecule has 0 saturated carbocycles. The van der Waals surface area contributed by atoms with Gasteiger partial charge in [0.25, 0.3) is 0 Å². The summed E-state index contributed by atoms with van der Waals surface area (Å²) < 4.78 is 31.8. The standard InChI is InChI=1S/C15H24N2O4S/c1-3-4-8-13(10-16)17-22(19,20)11-12-7-5-6-9-14(12)15(18)21-2/h5-7,9,13,17H,3-4,8,10-11,16H2,1-2H3. The number of benzene rings is 1. The molecule has 0 bridgehead atoms. The van der Waals surface area contributed by atoms with E-state index in [4.69, 9.17) is 5.73 Å². The van der Waals surface area contributed by atoms with Crippen molar-refractivity contribution in [2.24, 2.45) is 5.73 Å². The van der Waals surface area contributed by atoms with E-state index in [1.54, 1.807) is 24.3 Å². The molecule has 124 valence electrons. The number of carbonyl (C=O) groups is 1. The number of sulfonamides is 1. The molecular weight excluding hydrogens is 304 g/mol. The van der Waals surface area contributed by atoms with Crippen molar-refractivity contribution in [3.8, 4) is 0 Å². The molecule has 7 heteroatoms. The molecule has 0 aliphatic carbocycles. The number of hydrogen-bond acceptors (Lipinski definition) is 5. The molecule has 1 aromatic rings. The zero-order valence-corrected chi connectivity index (χ0v) is 13.9. The average Bonchev–Trinajstić information content (AvgIpc) is 2.50. The molecular formula is C15H24N2O4S. The molecule has 0 aliphatic rings. The van der Waals surface area contributed by atoms with Crippen LogP contribution in [-0.2, 0) is 20.5 Å². The van der Waals surface area contributed by atoms with Gasteiger partial charge in [-0.2, -0.15) is 0 Å². The van der Waals surface area contributed by atoms with Crippen molar-refractivity contribution in [3.05, 3.63) is 35.4 Å². The third-order valence-corrected chi connectivity index (χ3v) is 4.69. The van der Waals surface area contributed by atoms with Crippen molar-refractivity contribution in [2.75, 3.05) is 13.7 Å². The Kier molecular flexibility index (Phi) is 7.50. The molecule has 0 heterocycles. The quantitative estimate of drug-likeness (QED) is 0.668. The summed E-state index contributed by atoms with van der Waals surface area (Å²) in [7, 11) is -2.31. The topological polar surface area (TPSA) is 98.5 Å². The number of carbonyl (C=O) groups excluding carboxylic acids is 1. The maximum absolute atomic E-state index is 12.3. The van der Waals surface area contributed by atoms with Crippen molar-refractivity contribution in [2.45, 2.75) is 38.0 Å². The molecule has 0 amide bonds. The summed E-state index contributed by atoms with van der Waals surface area (Å²) in [5.41, 5.74) is 6.28. The Morgan fingerprint density at radius 3 is 2.64 bits per heavy atom. The number of methoxy groups -OCH3 is 1. The Morgan fingerprint density at radius 1 is 1.36 bits per heavy atom. The number of hydrogen-bond donors (Lipinski definition) is 2. The Labute approximate surface area is 132 Å². The van der Waals surface area contributed by atoms with Crippen LogP contribution in [0.1, 0.15) is 42.1 Å². The highest BCUT2D eigenvalue weighted by molar-refractivity contribution is 7.88. The first-order chi connectivity index (χ1) is 10.4. The number of rotatable bonds is 9. The first-order valence-corrected chi connectivity index (χ1v) is 8.95. The average molecular weight is 328 g/mol. The first kappa shape index (κ1) is 18.6. The van der Waals surface area contributed by atoms with E-state index in [1.165, 1.54) is 7.11 Å². The van der Waals surface area contributed by atoms with Gasteiger partial charge in [0.2, 0.25) is 10.0 Å². The van der Waals surface area contributed by atoms with E-state index in [-0.39, 0.29) is 23.9 Å². The molecule has 0 aromatic heterocycles. The molecule has 0 fully saturated rings. The van der Waals surface area contributed by atoms with E-state index >= 15 is 0 Å². The van der Waals surface area contributed by atoms with Gasteiger partial charge < -0.3 is 10.5 Å². The summed E-state index contributed by atoms with van der Waals surface area (Å²) in [4.78, 5) is 11.7. The minimum atomic E-state index is -3.58. The van der Waals surface area contributed by atoms with E-state index in [0.717, 1.165) is 12.8 Å². The van der Waals surface area contributed by atoms with Gasteiger partial charge in [0.1, 0.15) is 0 Å². The summed E-state index contributed by atoms with van der Waals surface area (Å²) in [6.07, 6.45) is 2.58. The van der Waals surface area contributed by atoms with Crippen LogP contribution in [0.25, 0.3) is 0 Å². The van der Waals surface area contributed by atoms with Crippen molar-refractivity contribution in [3.63, 3.8) is 0 Å². The lowest BCUT2D eigenvalue weighted by molar-refractivity contribution is 0.0600. The Bertz CT molecular complexity index is 587. The normalized spacial score (nSPS) is 12.9. The Morgan fingerprint density at radius 2 is 2.05 bits per heavy atom. The Balaban J connectivity index is 2.86. The van der Waals surface area contributed by atoms with Crippen LogP contribution < -0.4 is 10.5 Å². The molecule has 22 heavy (non-hydrogen) atoms. The van der Waals surface area contributed by atoms with Crippen LogP contribution in [0.5, 0.6) is 0 Å². The molecule has 1 atom stereocenters. The molecule has 0 radical (unpaired) electrons. The van der Waals surface area contributed by atoms with Gasteiger partial charge >= 0.3 is 5.97 Å². The van der Waals surface area contributed by atoms with Gasteiger partial charge in [0, 0.05) is 12.6 Å². The molecule has 0 saturated heterocycles. The lowest BCUT2D eigenvalue weighted by Gasteiger charge is -2.17. The number of unbranched alkanes of at least 4 members (excludes halogenated alkanes) is 1. The maximum atomic E-state index is 12.3. The molecule has 3 N–H and O–H groups in total. The molecule has 0 aliphatic heterocycles. The molecule has 1 aromatic carbocycles. The van der Waals surface area contributed by atoms with E-state index in [2.05, 4.69) is 9.46 Å². The van der Waals surface area contributed by atoms with Crippen LogP contribution >= 0.6 is 0 Å². The van der Waals surface area contributed by atoms with Crippen LogP contribution in [0, 0.1) is 0 Å². The number of ether oxygens (including phenoxy) is 1. The second kappa shape index (κ2) is 8.87. The predicted molar refractivity (Wildman–Crippen MR) is 85.9 cm³/mol. The van der Waals surface area contributed by atoms with E-state index in [1.807, 2.05) is 6.92 Å². The lowest BCUT2D eigenvalue weighted by atomic mass is 10.1.